The van der Waals surface area contributed by atoms with Crippen LogP contribution in [-0.2, 0) is 24.1 Å². The van der Waals surface area contributed by atoms with Gasteiger partial charge in [-0.05, 0) is 30.7 Å². The Balaban J connectivity index is 0.00000147. The zero-order valence-corrected chi connectivity index (χ0v) is 13.2. The molecule has 0 aromatic carbocycles. The molecule has 108 valence electrons. The Morgan fingerprint density at radius 2 is 2.40 bits per heavy atom. The highest BCUT2D eigenvalue weighted by molar-refractivity contribution is 7.16. The molecule has 3 rings (SSSR count). The highest BCUT2D eigenvalue weighted by atomic mass is 35.5. The first-order valence-corrected chi connectivity index (χ1v) is 7.96. The second-order valence-corrected chi connectivity index (χ2v) is 6.81. The molecule has 1 aliphatic carbocycles. The molecule has 2 aromatic rings. The lowest BCUT2D eigenvalue weighted by Gasteiger charge is -2.15. The number of aryl methyl sites for hydroxylation is 1. The highest BCUT2D eigenvalue weighted by Gasteiger charge is 2.20. The van der Waals surface area contributed by atoms with Crippen molar-refractivity contribution >= 4 is 46.1 Å². The summed E-state index contributed by atoms with van der Waals surface area (Å²) in [6.07, 6.45) is 3.21. The lowest BCUT2D eigenvalue weighted by molar-refractivity contribution is -0.115. The van der Waals surface area contributed by atoms with Crippen LogP contribution in [0, 0.1) is 0 Å². The molecular formula is C13H16ClN3OS2. The van der Waals surface area contributed by atoms with Crippen LogP contribution in [0.4, 0.5) is 5.13 Å². The number of aromatic nitrogens is 1. The minimum absolute atomic E-state index is 0. The number of thiophene rings is 1. The van der Waals surface area contributed by atoms with E-state index < -0.39 is 0 Å². The van der Waals surface area contributed by atoms with Crippen LogP contribution in [0.5, 0.6) is 0 Å². The predicted molar refractivity (Wildman–Crippen MR) is 86.0 cm³/mol. The van der Waals surface area contributed by atoms with Crippen molar-refractivity contribution in [1.29, 1.82) is 0 Å². The smallest absolute Gasteiger partial charge is 0.231 e. The summed E-state index contributed by atoms with van der Waals surface area (Å²) in [5, 5.41) is 5.57. The van der Waals surface area contributed by atoms with Gasteiger partial charge in [-0.3, -0.25) is 4.79 Å². The maximum Gasteiger partial charge on any atom is 0.231 e. The first-order valence-electron chi connectivity index (χ1n) is 6.27. The van der Waals surface area contributed by atoms with Gasteiger partial charge in [0.1, 0.15) is 0 Å². The van der Waals surface area contributed by atoms with Gasteiger partial charge in [-0.25, -0.2) is 4.98 Å². The molecule has 1 aliphatic rings. The Bertz CT molecular complexity index is 582. The van der Waals surface area contributed by atoms with Crippen molar-refractivity contribution in [3.05, 3.63) is 33.0 Å². The Labute approximate surface area is 131 Å². The number of nitrogens with zero attached hydrogens (tertiary/aromatic N) is 1. The maximum absolute atomic E-state index is 11.9. The van der Waals surface area contributed by atoms with E-state index in [1.54, 1.807) is 22.7 Å². The van der Waals surface area contributed by atoms with E-state index in [0.29, 0.717) is 11.6 Å². The number of rotatable bonds is 3. The monoisotopic (exact) mass is 329 g/mol. The third kappa shape index (κ3) is 3.58. The van der Waals surface area contributed by atoms with Crippen LogP contribution >= 0.6 is 35.1 Å². The molecule has 4 nitrogen and oxygen atoms in total. The van der Waals surface area contributed by atoms with E-state index in [2.05, 4.69) is 10.3 Å². The first-order chi connectivity index (χ1) is 9.20. The fraction of sp³-hybridized carbons (Fsp3) is 0.385. The molecule has 0 fully saturated rings. The van der Waals surface area contributed by atoms with Gasteiger partial charge in [0.25, 0.3) is 0 Å². The number of fused-ring (bicyclic) bond motifs is 1. The summed E-state index contributed by atoms with van der Waals surface area (Å²) in [6, 6.07) is 4.16. The lowest BCUT2D eigenvalue weighted by atomic mass is 9.99. The number of hydrogen-bond acceptors (Lipinski definition) is 5. The number of halogens is 1. The van der Waals surface area contributed by atoms with Gasteiger partial charge >= 0.3 is 0 Å². The minimum atomic E-state index is -0.00199. The normalized spacial score (nSPS) is 17.1. The van der Waals surface area contributed by atoms with Crippen molar-refractivity contribution in [2.24, 2.45) is 5.73 Å². The van der Waals surface area contributed by atoms with Crippen molar-refractivity contribution < 1.29 is 4.79 Å². The largest absolute Gasteiger partial charge is 0.327 e. The Morgan fingerprint density at radius 1 is 1.55 bits per heavy atom. The fourth-order valence-electron chi connectivity index (χ4n) is 2.19. The summed E-state index contributed by atoms with van der Waals surface area (Å²) in [7, 11) is 0. The predicted octanol–water partition coefficient (Wildman–Crippen LogP) is 2.62. The Kier molecular flexibility index (Phi) is 5.15. The fourth-order valence-corrected chi connectivity index (χ4v) is 4.01. The number of hydrogen-bond donors (Lipinski definition) is 2. The van der Waals surface area contributed by atoms with Crippen LogP contribution in [0.1, 0.15) is 21.9 Å². The summed E-state index contributed by atoms with van der Waals surface area (Å²) in [5.41, 5.74) is 7.05. The summed E-state index contributed by atoms with van der Waals surface area (Å²) >= 11 is 3.16. The molecule has 1 amide bonds. The maximum atomic E-state index is 11.9. The van der Waals surface area contributed by atoms with Crippen LogP contribution in [0.15, 0.2) is 17.5 Å². The van der Waals surface area contributed by atoms with Crippen molar-refractivity contribution in [1.82, 2.24) is 4.98 Å². The molecule has 0 radical (unpaired) electrons. The molecule has 3 N–H and O–H groups in total. The molecule has 0 saturated heterocycles. The number of nitrogens with one attached hydrogen (secondary N) is 1. The van der Waals surface area contributed by atoms with E-state index in [4.69, 9.17) is 5.73 Å². The van der Waals surface area contributed by atoms with Crippen molar-refractivity contribution in [2.75, 3.05) is 5.32 Å². The third-order valence-electron chi connectivity index (χ3n) is 3.14. The number of carbonyl (C=O) groups excluding carboxylic acids is 1. The van der Waals surface area contributed by atoms with Crippen LogP contribution in [-0.4, -0.2) is 16.9 Å². The second kappa shape index (κ2) is 6.67. The van der Waals surface area contributed by atoms with Gasteiger partial charge < -0.3 is 11.1 Å². The SMILES string of the molecule is Cl.N[C@H]1CCc2nc(NC(=O)Cc3cccs3)sc2C1. The van der Waals surface area contributed by atoms with Gasteiger partial charge in [-0.1, -0.05) is 6.07 Å². The van der Waals surface area contributed by atoms with E-state index >= 15 is 0 Å². The Morgan fingerprint density at radius 3 is 3.15 bits per heavy atom. The summed E-state index contributed by atoms with van der Waals surface area (Å²) in [4.78, 5) is 18.7. The van der Waals surface area contributed by atoms with Crippen LogP contribution in [0.25, 0.3) is 0 Å². The molecule has 0 bridgehead atoms. The van der Waals surface area contributed by atoms with Gasteiger partial charge in [-0.2, -0.15) is 0 Å². The van der Waals surface area contributed by atoms with Gasteiger partial charge in [0.2, 0.25) is 5.91 Å². The topological polar surface area (TPSA) is 68.0 Å². The van der Waals surface area contributed by atoms with Crippen molar-refractivity contribution in [3.63, 3.8) is 0 Å². The van der Waals surface area contributed by atoms with E-state index in [9.17, 15) is 4.79 Å². The van der Waals surface area contributed by atoms with Gasteiger partial charge in [-0.15, -0.1) is 35.1 Å². The number of nitrogens with two attached hydrogens (primary N) is 1. The molecule has 2 aromatic heterocycles. The third-order valence-corrected chi connectivity index (χ3v) is 5.05. The lowest BCUT2D eigenvalue weighted by Crippen LogP contribution is -2.27. The molecule has 0 aliphatic heterocycles. The molecular weight excluding hydrogens is 314 g/mol. The zero-order valence-electron chi connectivity index (χ0n) is 10.8. The zero-order chi connectivity index (χ0) is 13.2. The number of anilines is 1. The Hall–Kier alpha value is -0.950. The van der Waals surface area contributed by atoms with Crippen molar-refractivity contribution in [2.45, 2.75) is 31.7 Å². The van der Waals surface area contributed by atoms with E-state index in [1.807, 2.05) is 17.5 Å². The summed E-state index contributed by atoms with van der Waals surface area (Å²) in [6.45, 7) is 0. The van der Waals surface area contributed by atoms with Crippen LogP contribution in [0.3, 0.4) is 0 Å². The van der Waals surface area contributed by atoms with E-state index in [-0.39, 0.29) is 24.4 Å². The van der Waals surface area contributed by atoms with E-state index in [0.717, 1.165) is 29.8 Å². The van der Waals surface area contributed by atoms with Crippen LogP contribution < -0.4 is 11.1 Å². The first kappa shape index (κ1) is 15.4. The average molecular weight is 330 g/mol. The number of thiazole rings is 1. The minimum Gasteiger partial charge on any atom is -0.327 e. The second-order valence-electron chi connectivity index (χ2n) is 4.70. The molecule has 20 heavy (non-hydrogen) atoms. The van der Waals surface area contributed by atoms with E-state index in [1.165, 1.54) is 4.88 Å². The van der Waals surface area contributed by atoms with Gasteiger partial charge in [0.05, 0.1) is 12.1 Å². The standard InChI is InChI=1S/C13H15N3OS2.ClH/c14-8-3-4-10-11(6-8)19-13(15-10)16-12(17)7-9-2-1-5-18-9;/h1-2,5,8H,3-4,6-7,14H2,(H,15,16,17);1H/t8-;/m0./s1. The molecule has 0 unspecified atom stereocenters. The summed E-state index contributed by atoms with van der Waals surface area (Å²) < 4.78 is 0. The number of carbonyl (C=O) groups is 1. The molecule has 1 atom stereocenters. The van der Waals surface area contributed by atoms with Gasteiger partial charge in [0.15, 0.2) is 5.13 Å². The molecule has 7 heteroatoms. The average Bonchev–Trinajstić information content (AvgIpc) is 2.97. The van der Waals surface area contributed by atoms with Gasteiger partial charge in [0, 0.05) is 15.8 Å². The highest BCUT2D eigenvalue weighted by Crippen LogP contribution is 2.29. The molecule has 2 heterocycles. The van der Waals surface area contributed by atoms with Crippen molar-refractivity contribution in [3.8, 4) is 0 Å². The van der Waals surface area contributed by atoms with Crippen LogP contribution in [0.2, 0.25) is 0 Å². The molecule has 0 spiro atoms. The molecule has 0 saturated carbocycles. The number of amides is 1. The quantitative estimate of drug-likeness (QED) is 0.909. The summed E-state index contributed by atoms with van der Waals surface area (Å²) in [5.74, 6) is -0.00199.